The topological polar surface area (TPSA) is 127 Å². The van der Waals surface area contributed by atoms with Crippen LogP contribution in [0.2, 0.25) is 0 Å². The van der Waals surface area contributed by atoms with E-state index in [9.17, 15) is 23.3 Å². The van der Waals surface area contributed by atoms with Crippen LogP contribution >= 0.6 is 0 Å². The lowest BCUT2D eigenvalue weighted by atomic mass is 10.2. The summed E-state index contributed by atoms with van der Waals surface area (Å²) in [5.74, 6) is -0.527. The van der Waals surface area contributed by atoms with Crippen molar-refractivity contribution in [2.45, 2.75) is 36.6 Å². The molecule has 0 radical (unpaired) electrons. The Morgan fingerprint density at radius 1 is 1.20 bits per heavy atom. The van der Waals surface area contributed by atoms with Gasteiger partial charge in [0, 0.05) is 31.8 Å². The maximum absolute atomic E-state index is 13.0. The van der Waals surface area contributed by atoms with Crippen molar-refractivity contribution >= 4 is 27.3 Å². The van der Waals surface area contributed by atoms with Crippen LogP contribution in [0.5, 0.6) is 0 Å². The molecule has 0 aliphatic carbocycles. The molecule has 0 bridgehead atoms. The number of amides is 1. The quantitative estimate of drug-likeness (QED) is 0.606. The zero-order valence-corrected chi connectivity index (χ0v) is 14.4. The Morgan fingerprint density at radius 2 is 1.88 bits per heavy atom. The number of hydrogen-bond acceptors (Lipinski definition) is 6. The van der Waals surface area contributed by atoms with Gasteiger partial charge in [-0.05, 0) is 31.7 Å². The number of nitrogens with two attached hydrogens (primary N) is 1. The lowest BCUT2D eigenvalue weighted by molar-refractivity contribution is -0.385. The summed E-state index contributed by atoms with van der Waals surface area (Å²) in [6, 6.07) is 3.14. The van der Waals surface area contributed by atoms with E-state index in [4.69, 9.17) is 5.73 Å². The number of primary amides is 1. The largest absolute Gasteiger partial charge is 0.368 e. The number of benzene rings is 1. The van der Waals surface area contributed by atoms with Crippen molar-refractivity contribution in [2.24, 2.45) is 5.73 Å². The van der Waals surface area contributed by atoms with E-state index in [0.717, 1.165) is 18.9 Å². The summed E-state index contributed by atoms with van der Waals surface area (Å²) in [5.41, 5.74) is 5.45. The first kappa shape index (κ1) is 17.6. The van der Waals surface area contributed by atoms with Crippen LogP contribution in [0, 0.1) is 10.1 Å². The van der Waals surface area contributed by atoms with Crippen LogP contribution in [0.25, 0.3) is 0 Å². The van der Waals surface area contributed by atoms with Crippen molar-refractivity contribution in [3.05, 3.63) is 28.3 Å². The number of carbonyl (C=O) groups excluding carboxylic acids is 1. The lowest BCUT2D eigenvalue weighted by Gasteiger charge is -2.27. The number of hydrogen-bond donors (Lipinski definition) is 1. The molecular weight excluding hydrogens is 348 g/mol. The Hall–Kier alpha value is -2.20. The van der Waals surface area contributed by atoms with Crippen LogP contribution in [-0.2, 0) is 14.8 Å². The first-order chi connectivity index (χ1) is 11.8. The molecule has 2 fully saturated rings. The summed E-state index contributed by atoms with van der Waals surface area (Å²) in [6.45, 7) is 1.27. The highest BCUT2D eigenvalue weighted by Crippen LogP contribution is 2.36. The van der Waals surface area contributed by atoms with Gasteiger partial charge < -0.3 is 10.6 Å². The monoisotopic (exact) mass is 368 g/mol. The summed E-state index contributed by atoms with van der Waals surface area (Å²) in [6.07, 6.45) is 2.76. The minimum absolute atomic E-state index is 0.128. The van der Waals surface area contributed by atoms with E-state index in [1.807, 2.05) is 0 Å². The Kier molecular flexibility index (Phi) is 4.65. The zero-order chi connectivity index (χ0) is 18.2. The Bertz CT molecular complexity index is 804. The van der Waals surface area contributed by atoms with Gasteiger partial charge in [-0.1, -0.05) is 0 Å². The molecule has 136 valence electrons. The van der Waals surface area contributed by atoms with Gasteiger partial charge in [0.15, 0.2) is 0 Å². The normalized spacial score (nSPS) is 21.6. The van der Waals surface area contributed by atoms with Crippen LogP contribution in [0.3, 0.4) is 0 Å². The molecule has 2 saturated heterocycles. The molecule has 0 saturated carbocycles. The molecule has 3 rings (SSSR count). The second-order valence-corrected chi connectivity index (χ2v) is 8.18. The van der Waals surface area contributed by atoms with E-state index in [-0.39, 0.29) is 10.6 Å². The van der Waals surface area contributed by atoms with Crippen molar-refractivity contribution < 1.29 is 18.1 Å². The fourth-order valence-corrected chi connectivity index (χ4v) is 5.22. The molecule has 1 aromatic rings. The molecule has 9 nitrogen and oxygen atoms in total. The molecule has 2 aliphatic rings. The molecule has 10 heteroatoms. The van der Waals surface area contributed by atoms with Crippen LogP contribution in [-0.4, -0.2) is 49.2 Å². The third-order valence-corrected chi connectivity index (χ3v) is 6.66. The zero-order valence-electron chi connectivity index (χ0n) is 13.6. The highest BCUT2D eigenvalue weighted by Gasteiger charge is 2.36. The van der Waals surface area contributed by atoms with Gasteiger partial charge in [-0.3, -0.25) is 14.9 Å². The molecule has 1 atom stereocenters. The fraction of sp³-hybridized carbons (Fsp3) is 0.533. The van der Waals surface area contributed by atoms with Crippen molar-refractivity contribution in [3.8, 4) is 0 Å². The number of nitrogens with zero attached hydrogens (tertiary/aromatic N) is 3. The first-order valence-electron chi connectivity index (χ1n) is 8.17. The molecule has 25 heavy (non-hydrogen) atoms. The Labute approximate surface area is 145 Å². The fourth-order valence-electron chi connectivity index (χ4n) is 3.48. The van der Waals surface area contributed by atoms with Gasteiger partial charge >= 0.3 is 0 Å². The molecular formula is C15H20N4O5S. The van der Waals surface area contributed by atoms with E-state index in [2.05, 4.69) is 0 Å². The molecule has 2 aliphatic heterocycles. The van der Waals surface area contributed by atoms with Gasteiger partial charge in [-0.25, -0.2) is 8.42 Å². The predicted octanol–water partition coefficient (Wildman–Crippen LogP) is 0.833. The van der Waals surface area contributed by atoms with Crippen molar-refractivity contribution in [1.29, 1.82) is 0 Å². The van der Waals surface area contributed by atoms with Crippen molar-refractivity contribution in [1.82, 2.24) is 4.31 Å². The standard InChI is InChI=1S/C15H20N4O5S/c16-15(20)13-4-3-9-18(13)12-6-5-11(19(21)22)10-14(12)25(23,24)17-7-1-2-8-17/h5-6,10,13H,1-4,7-9H2,(H2,16,20)/t13-/m1/s1. The average Bonchev–Trinajstić information content (AvgIpc) is 3.25. The van der Waals surface area contributed by atoms with Gasteiger partial charge in [0.2, 0.25) is 15.9 Å². The highest BCUT2D eigenvalue weighted by molar-refractivity contribution is 7.89. The van der Waals surface area contributed by atoms with E-state index >= 15 is 0 Å². The van der Waals surface area contributed by atoms with E-state index in [0.29, 0.717) is 38.2 Å². The summed E-state index contributed by atoms with van der Waals surface area (Å²) >= 11 is 0. The first-order valence-corrected chi connectivity index (χ1v) is 9.61. The maximum atomic E-state index is 13.0. The number of nitro groups is 1. The number of carbonyl (C=O) groups is 1. The number of sulfonamides is 1. The molecule has 0 aromatic heterocycles. The summed E-state index contributed by atoms with van der Waals surface area (Å²) in [5, 5.41) is 11.1. The lowest BCUT2D eigenvalue weighted by Crippen LogP contribution is -2.41. The molecule has 0 spiro atoms. The number of non-ortho nitro benzene ring substituents is 1. The third-order valence-electron chi connectivity index (χ3n) is 4.73. The van der Waals surface area contributed by atoms with Gasteiger partial charge in [0.1, 0.15) is 10.9 Å². The smallest absolute Gasteiger partial charge is 0.270 e. The maximum Gasteiger partial charge on any atom is 0.270 e. The van der Waals surface area contributed by atoms with Crippen molar-refractivity contribution in [3.63, 3.8) is 0 Å². The second-order valence-electron chi connectivity index (χ2n) is 6.27. The number of anilines is 1. The van der Waals surface area contributed by atoms with E-state index in [1.165, 1.54) is 16.4 Å². The molecule has 0 unspecified atom stereocenters. The molecule has 1 aromatic carbocycles. The third kappa shape index (κ3) is 3.19. The summed E-state index contributed by atoms with van der Waals surface area (Å²) in [4.78, 5) is 23.7. The Morgan fingerprint density at radius 3 is 2.48 bits per heavy atom. The predicted molar refractivity (Wildman–Crippen MR) is 90.7 cm³/mol. The Balaban J connectivity index is 2.12. The number of rotatable bonds is 5. The van der Waals surface area contributed by atoms with E-state index < -0.39 is 26.9 Å². The molecule has 1 amide bonds. The number of nitro benzene ring substituents is 1. The highest BCUT2D eigenvalue weighted by atomic mass is 32.2. The summed E-state index contributed by atoms with van der Waals surface area (Å²) < 4.78 is 27.4. The van der Waals surface area contributed by atoms with Crippen LogP contribution in [0.4, 0.5) is 11.4 Å². The molecule has 2 N–H and O–H groups in total. The van der Waals surface area contributed by atoms with Gasteiger partial charge in [0.05, 0.1) is 10.6 Å². The van der Waals surface area contributed by atoms with Crippen LogP contribution < -0.4 is 10.6 Å². The second kappa shape index (κ2) is 6.60. The van der Waals surface area contributed by atoms with Gasteiger partial charge in [0.25, 0.3) is 5.69 Å². The van der Waals surface area contributed by atoms with Crippen molar-refractivity contribution in [2.75, 3.05) is 24.5 Å². The SMILES string of the molecule is NC(=O)[C@H]1CCCN1c1ccc([N+](=O)[O-])cc1S(=O)(=O)N1CCCC1. The average molecular weight is 368 g/mol. The van der Waals surface area contributed by atoms with Gasteiger partial charge in [-0.2, -0.15) is 4.31 Å². The minimum atomic E-state index is -3.88. The molecule has 2 heterocycles. The van der Waals surface area contributed by atoms with E-state index in [1.54, 1.807) is 4.90 Å². The minimum Gasteiger partial charge on any atom is -0.368 e. The summed E-state index contributed by atoms with van der Waals surface area (Å²) in [7, 11) is -3.88. The van der Waals surface area contributed by atoms with Crippen LogP contribution in [0.1, 0.15) is 25.7 Å². The van der Waals surface area contributed by atoms with Crippen LogP contribution in [0.15, 0.2) is 23.1 Å². The van der Waals surface area contributed by atoms with Gasteiger partial charge in [-0.15, -0.1) is 0 Å².